The van der Waals surface area contributed by atoms with Crippen molar-refractivity contribution in [3.8, 4) is 0 Å². The molecule has 1 aliphatic carbocycles. The normalized spacial score (nSPS) is 27.6. The van der Waals surface area contributed by atoms with Gasteiger partial charge in [0.2, 0.25) is 0 Å². The van der Waals surface area contributed by atoms with Gasteiger partial charge in [0, 0.05) is 11.1 Å². The third kappa shape index (κ3) is 3.73. The summed E-state index contributed by atoms with van der Waals surface area (Å²) in [6.07, 6.45) is 6.36. The molecule has 1 aliphatic rings. The van der Waals surface area contributed by atoms with E-state index in [1.165, 1.54) is 37.7 Å². The van der Waals surface area contributed by atoms with Gasteiger partial charge in [-0.1, -0.05) is 37.6 Å². The molecule has 2 unspecified atom stereocenters. The number of benzene rings is 1. The van der Waals surface area contributed by atoms with Gasteiger partial charge < -0.3 is 5.32 Å². The monoisotopic (exact) mass is 265 g/mol. The lowest BCUT2D eigenvalue weighted by molar-refractivity contribution is 0.322. The molecular weight excluding hydrogens is 242 g/mol. The van der Waals surface area contributed by atoms with E-state index in [-0.39, 0.29) is 0 Å². The average molecular weight is 266 g/mol. The highest BCUT2D eigenvalue weighted by atomic mass is 35.5. The first-order valence-electron chi connectivity index (χ1n) is 7.09. The van der Waals surface area contributed by atoms with E-state index >= 15 is 0 Å². The van der Waals surface area contributed by atoms with Gasteiger partial charge in [-0.25, -0.2) is 0 Å². The van der Waals surface area contributed by atoms with E-state index in [1.807, 2.05) is 12.1 Å². The van der Waals surface area contributed by atoms with E-state index in [0.717, 1.165) is 17.6 Å². The van der Waals surface area contributed by atoms with E-state index in [2.05, 4.69) is 31.3 Å². The number of hydrogen-bond acceptors (Lipinski definition) is 1. The Hall–Kier alpha value is -0.530. The Morgan fingerprint density at radius 2 is 2.06 bits per heavy atom. The average Bonchev–Trinajstić information content (AvgIpc) is 2.71. The minimum absolute atomic E-state index is 0.458. The Balaban J connectivity index is 1.91. The molecule has 2 rings (SSSR count). The fraction of sp³-hybridized carbons (Fsp3) is 0.625. The van der Waals surface area contributed by atoms with Crippen molar-refractivity contribution in [1.82, 2.24) is 5.32 Å². The number of rotatable bonds is 5. The van der Waals surface area contributed by atoms with Gasteiger partial charge in [-0.15, -0.1) is 0 Å². The largest absolute Gasteiger partial charge is 0.314 e. The summed E-state index contributed by atoms with van der Waals surface area (Å²) in [6.45, 7) is 5.81. The summed E-state index contributed by atoms with van der Waals surface area (Å²) in [5.41, 5.74) is 1.87. The summed E-state index contributed by atoms with van der Waals surface area (Å²) >= 11 is 5.93. The molecule has 0 aromatic heterocycles. The van der Waals surface area contributed by atoms with Crippen molar-refractivity contribution in [2.75, 3.05) is 6.54 Å². The smallest absolute Gasteiger partial charge is 0.0406 e. The zero-order valence-electron chi connectivity index (χ0n) is 11.5. The molecule has 2 atom stereocenters. The second-order valence-corrected chi connectivity index (χ2v) is 6.44. The lowest BCUT2D eigenvalue weighted by atomic mass is 9.82. The molecule has 1 aromatic rings. The predicted molar refractivity (Wildman–Crippen MR) is 79.2 cm³/mol. The van der Waals surface area contributed by atoms with Crippen molar-refractivity contribution in [2.45, 2.75) is 52.0 Å². The molecule has 0 aliphatic heterocycles. The molecule has 18 heavy (non-hydrogen) atoms. The number of nitrogens with one attached hydrogen (secondary N) is 1. The van der Waals surface area contributed by atoms with Crippen LogP contribution in [0.5, 0.6) is 0 Å². The molecule has 1 saturated carbocycles. The maximum atomic E-state index is 5.93. The number of halogens is 1. The molecule has 0 radical (unpaired) electrons. The molecule has 0 spiro atoms. The quantitative estimate of drug-likeness (QED) is 0.830. The van der Waals surface area contributed by atoms with Gasteiger partial charge in [-0.05, 0) is 61.8 Å². The summed E-state index contributed by atoms with van der Waals surface area (Å²) in [5, 5.41) is 4.49. The summed E-state index contributed by atoms with van der Waals surface area (Å²) < 4.78 is 0. The third-order valence-corrected chi connectivity index (χ3v) is 4.31. The third-order valence-electron chi connectivity index (χ3n) is 4.06. The van der Waals surface area contributed by atoms with Crippen LogP contribution in [-0.2, 0) is 6.42 Å². The fourth-order valence-electron chi connectivity index (χ4n) is 3.10. The zero-order valence-corrected chi connectivity index (χ0v) is 12.3. The van der Waals surface area contributed by atoms with E-state index in [1.54, 1.807) is 0 Å². The molecule has 2 heteroatoms. The molecule has 1 aromatic carbocycles. The minimum Gasteiger partial charge on any atom is -0.314 e. The van der Waals surface area contributed by atoms with Gasteiger partial charge in [-0.3, -0.25) is 0 Å². The second-order valence-electron chi connectivity index (χ2n) is 6.01. The van der Waals surface area contributed by atoms with Crippen LogP contribution < -0.4 is 5.32 Å². The molecular formula is C16H24ClN. The maximum absolute atomic E-state index is 5.93. The lowest BCUT2D eigenvalue weighted by Crippen LogP contribution is -2.28. The van der Waals surface area contributed by atoms with Gasteiger partial charge in [0.25, 0.3) is 0 Å². The van der Waals surface area contributed by atoms with Crippen LogP contribution in [0.25, 0.3) is 0 Å². The van der Waals surface area contributed by atoms with E-state index in [9.17, 15) is 0 Å². The molecule has 0 bridgehead atoms. The van der Waals surface area contributed by atoms with Crippen molar-refractivity contribution in [3.05, 3.63) is 34.9 Å². The molecule has 1 fully saturated rings. The Kier molecular flexibility index (Phi) is 4.69. The van der Waals surface area contributed by atoms with Crippen LogP contribution in [0.2, 0.25) is 5.02 Å². The van der Waals surface area contributed by atoms with E-state index in [4.69, 9.17) is 11.6 Å². The first kappa shape index (κ1) is 13.9. The van der Waals surface area contributed by atoms with Crippen LogP contribution in [-0.4, -0.2) is 12.6 Å². The molecule has 0 heterocycles. The first-order valence-corrected chi connectivity index (χ1v) is 7.47. The van der Waals surface area contributed by atoms with E-state index in [0.29, 0.717) is 5.41 Å². The van der Waals surface area contributed by atoms with Gasteiger partial charge in [0.05, 0.1) is 0 Å². The molecule has 1 nitrogen and oxygen atoms in total. The highest BCUT2D eigenvalue weighted by molar-refractivity contribution is 6.30. The van der Waals surface area contributed by atoms with Gasteiger partial charge in [-0.2, -0.15) is 0 Å². The predicted octanol–water partition coefficient (Wildman–Crippen LogP) is 4.44. The standard InChI is InChI=1S/C16H24ClN/c1-3-10-18-15-8-9-16(2,12-15)11-13-4-6-14(17)7-5-13/h4-7,15,18H,3,8-12H2,1-2H3. The van der Waals surface area contributed by atoms with Crippen molar-refractivity contribution in [1.29, 1.82) is 0 Å². The summed E-state index contributed by atoms with van der Waals surface area (Å²) in [6, 6.07) is 9.06. The Morgan fingerprint density at radius 1 is 1.33 bits per heavy atom. The maximum Gasteiger partial charge on any atom is 0.0406 e. The Labute approximate surface area is 116 Å². The SMILES string of the molecule is CCCNC1CCC(C)(Cc2ccc(Cl)cc2)C1. The van der Waals surface area contributed by atoms with Crippen molar-refractivity contribution < 1.29 is 0 Å². The fourth-order valence-corrected chi connectivity index (χ4v) is 3.23. The van der Waals surface area contributed by atoms with Crippen LogP contribution >= 0.6 is 11.6 Å². The van der Waals surface area contributed by atoms with Crippen LogP contribution in [0.1, 0.15) is 45.1 Å². The van der Waals surface area contributed by atoms with E-state index < -0.39 is 0 Å². The Morgan fingerprint density at radius 3 is 2.72 bits per heavy atom. The molecule has 0 saturated heterocycles. The minimum atomic E-state index is 0.458. The summed E-state index contributed by atoms with van der Waals surface area (Å²) in [4.78, 5) is 0. The highest BCUT2D eigenvalue weighted by Crippen LogP contribution is 2.40. The first-order chi connectivity index (χ1) is 8.61. The molecule has 100 valence electrons. The van der Waals surface area contributed by atoms with Gasteiger partial charge in [0.1, 0.15) is 0 Å². The van der Waals surface area contributed by atoms with Crippen LogP contribution in [0, 0.1) is 5.41 Å². The van der Waals surface area contributed by atoms with Crippen LogP contribution in [0.3, 0.4) is 0 Å². The van der Waals surface area contributed by atoms with Crippen LogP contribution in [0.15, 0.2) is 24.3 Å². The van der Waals surface area contributed by atoms with Gasteiger partial charge in [0.15, 0.2) is 0 Å². The zero-order chi connectivity index (χ0) is 13.0. The highest BCUT2D eigenvalue weighted by Gasteiger charge is 2.34. The van der Waals surface area contributed by atoms with Crippen molar-refractivity contribution in [2.24, 2.45) is 5.41 Å². The lowest BCUT2D eigenvalue weighted by Gasteiger charge is -2.24. The summed E-state index contributed by atoms with van der Waals surface area (Å²) in [7, 11) is 0. The van der Waals surface area contributed by atoms with Crippen LogP contribution in [0.4, 0.5) is 0 Å². The van der Waals surface area contributed by atoms with Crippen molar-refractivity contribution >= 4 is 11.6 Å². The second kappa shape index (κ2) is 6.08. The van der Waals surface area contributed by atoms with Crippen molar-refractivity contribution in [3.63, 3.8) is 0 Å². The summed E-state index contributed by atoms with van der Waals surface area (Å²) in [5.74, 6) is 0. The Bertz CT molecular complexity index is 373. The molecule has 1 N–H and O–H groups in total. The number of hydrogen-bond donors (Lipinski definition) is 1. The topological polar surface area (TPSA) is 12.0 Å². The molecule has 0 amide bonds. The van der Waals surface area contributed by atoms with Gasteiger partial charge >= 0.3 is 0 Å².